The molecule has 2 heterocycles. The van der Waals surface area contributed by atoms with Crippen molar-refractivity contribution in [3.63, 3.8) is 0 Å². The van der Waals surface area contributed by atoms with E-state index < -0.39 is 28.5 Å². The van der Waals surface area contributed by atoms with Crippen molar-refractivity contribution in [1.82, 2.24) is 24.5 Å². The van der Waals surface area contributed by atoms with E-state index in [1.54, 1.807) is 24.0 Å². The van der Waals surface area contributed by atoms with E-state index in [4.69, 9.17) is 11.6 Å². The zero-order chi connectivity index (χ0) is 16.7. The Labute approximate surface area is 129 Å². The molecule has 2 rings (SSSR count). The molecule has 0 spiro atoms. The number of carbonyl (C=O) groups excluding carboxylic acids is 1. The minimum atomic E-state index is -4.68. The smallest absolute Gasteiger partial charge is 0.334 e. The highest BCUT2D eigenvalue weighted by Gasteiger charge is 2.40. The molecule has 1 amide bonds. The van der Waals surface area contributed by atoms with Crippen LogP contribution in [0.25, 0.3) is 0 Å². The third kappa shape index (κ3) is 3.08. The van der Waals surface area contributed by atoms with Crippen molar-refractivity contribution < 1.29 is 18.0 Å². The van der Waals surface area contributed by atoms with E-state index in [0.717, 1.165) is 7.05 Å². The fourth-order valence-electron chi connectivity index (χ4n) is 1.99. The standard InChI is InChI=1S/C12H13ClF3N5O/c1-19(6-7-4-5-20(2)17-7)11(22)9-8(13)10(12(14,15)16)21(3)18-9/h4-5H,6H2,1-3H3. The minimum Gasteiger partial charge on any atom is -0.334 e. The molecule has 22 heavy (non-hydrogen) atoms. The van der Waals surface area contributed by atoms with Gasteiger partial charge in [0.25, 0.3) is 5.91 Å². The number of aryl methyl sites for hydroxylation is 2. The third-order valence-electron chi connectivity index (χ3n) is 2.98. The number of hydrogen-bond acceptors (Lipinski definition) is 3. The van der Waals surface area contributed by atoms with Gasteiger partial charge in [-0.3, -0.25) is 14.2 Å². The summed E-state index contributed by atoms with van der Waals surface area (Å²) in [5, 5.41) is 6.99. The Balaban J connectivity index is 2.26. The van der Waals surface area contributed by atoms with Gasteiger partial charge in [0.1, 0.15) is 5.02 Å². The molecule has 10 heteroatoms. The highest BCUT2D eigenvalue weighted by Crippen LogP contribution is 2.36. The number of hydrogen-bond donors (Lipinski definition) is 0. The van der Waals surface area contributed by atoms with Crippen molar-refractivity contribution in [3.8, 4) is 0 Å². The Morgan fingerprint density at radius 2 is 2.00 bits per heavy atom. The van der Waals surface area contributed by atoms with E-state index in [-0.39, 0.29) is 6.54 Å². The lowest BCUT2D eigenvalue weighted by Crippen LogP contribution is -2.27. The molecule has 0 aromatic carbocycles. The second-order valence-corrected chi connectivity index (χ2v) is 5.15. The van der Waals surface area contributed by atoms with Crippen molar-refractivity contribution in [2.24, 2.45) is 14.1 Å². The van der Waals surface area contributed by atoms with Gasteiger partial charge in [0.05, 0.1) is 12.2 Å². The van der Waals surface area contributed by atoms with Gasteiger partial charge in [-0.15, -0.1) is 0 Å². The monoisotopic (exact) mass is 335 g/mol. The van der Waals surface area contributed by atoms with Crippen LogP contribution in [-0.4, -0.2) is 37.4 Å². The molecule has 2 aromatic rings. The molecule has 0 bridgehead atoms. The predicted octanol–water partition coefficient (Wildman–Crippen LogP) is 2.10. The average molecular weight is 336 g/mol. The summed E-state index contributed by atoms with van der Waals surface area (Å²) in [5.41, 5.74) is -0.986. The van der Waals surface area contributed by atoms with E-state index >= 15 is 0 Å². The summed E-state index contributed by atoms with van der Waals surface area (Å²) in [6.07, 6.45) is -2.99. The van der Waals surface area contributed by atoms with E-state index in [0.29, 0.717) is 10.4 Å². The van der Waals surface area contributed by atoms with Crippen LogP contribution in [0, 0.1) is 0 Å². The Kier molecular flexibility index (Phi) is 4.19. The summed E-state index contributed by atoms with van der Waals surface area (Å²) in [6, 6.07) is 1.70. The van der Waals surface area contributed by atoms with Crippen LogP contribution >= 0.6 is 11.6 Å². The fraction of sp³-hybridized carbons (Fsp3) is 0.417. The van der Waals surface area contributed by atoms with Crippen LogP contribution in [0.15, 0.2) is 12.3 Å². The van der Waals surface area contributed by atoms with Crippen molar-refractivity contribution >= 4 is 17.5 Å². The lowest BCUT2D eigenvalue weighted by molar-refractivity contribution is -0.143. The van der Waals surface area contributed by atoms with Crippen LogP contribution in [0.2, 0.25) is 5.02 Å². The van der Waals surface area contributed by atoms with Gasteiger partial charge in [-0.1, -0.05) is 11.6 Å². The first kappa shape index (κ1) is 16.3. The van der Waals surface area contributed by atoms with Crippen LogP contribution < -0.4 is 0 Å². The third-order valence-corrected chi connectivity index (χ3v) is 3.33. The zero-order valence-corrected chi connectivity index (χ0v) is 12.8. The molecule has 0 aliphatic heterocycles. The lowest BCUT2D eigenvalue weighted by Gasteiger charge is -2.14. The number of rotatable bonds is 3. The van der Waals surface area contributed by atoms with Gasteiger partial charge in [-0.25, -0.2) is 0 Å². The van der Waals surface area contributed by atoms with E-state index in [1.807, 2.05) is 0 Å². The van der Waals surface area contributed by atoms with E-state index in [2.05, 4.69) is 10.2 Å². The van der Waals surface area contributed by atoms with Crippen LogP contribution in [0.5, 0.6) is 0 Å². The van der Waals surface area contributed by atoms with Gasteiger partial charge >= 0.3 is 6.18 Å². The second-order valence-electron chi connectivity index (χ2n) is 4.77. The molecule has 0 aliphatic carbocycles. The van der Waals surface area contributed by atoms with Crippen molar-refractivity contribution in [1.29, 1.82) is 0 Å². The molecule has 0 fully saturated rings. The summed E-state index contributed by atoms with van der Waals surface area (Å²) >= 11 is 5.69. The molecule has 6 nitrogen and oxygen atoms in total. The van der Waals surface area contributed by atoms with Crippen molar-refractivity contribution in [2.45, 2.75) is 12.7 Å². The summed E-state index contributed by atoms with van der Waals surface area (Å²) in [4.78, 5) is 13.4. The molecule has 2 aromatic heterocycles. The SMILES string of the molecule is CN(Cc1ccn(C)n1)C(=O)c1nn(C)c(C(F)(F)F)c1Cl. The van der Waals surface area contributed by atoms with Gasteiger partial charge in [0, 0.05) is 27.3 Å². The summed E-state index contributed by atoms with van der Waals surface area (Å²) in [5.74, 6) is -0.707. The summed E-state index contributed by atoms with van der Waals surface area (Å²) in [7, 11) is 4.25. The van der Waals surface area contributed by atoms with Crippen LogP contribution in [0.1, 0.15) is 21.9 Å². The highest BCUT2D eigenvalue weighted by atomic mass is 35.5. The Bertz CT molecular complexity index is 706. The predicted molar refractivity (Wildman–Crippen MR) is 72.2 cm³/mol. The molecule has 0 N–H and O–H groups in total. The van der Waals surface area contributed by atoms with Crippen LogP contribution in [0.4, 0.5) is 13.2 Å². The van der Waals surface area contributed by atoms with E-state index in [1.165, 1.54) is 11.9 Å². The second kappa shape index (κ2) is 5.64. The summed E-state index contributed by atoms with van der Waals surface area (Å²) in [6.45, 7) is 0.133. The van der Waals surface area contributed by atoms with Crippen LogP contribution in [-0.2, 0) is 26.8 Å². The molecule has 0 aliphatic rings. The maximum Gasteiger partial charge on any atom is 0.434 e. The highest BCUT2D eigenvalue weighted by molar-refractivity contribution is 6.34. The first-order chi connectivity index (χ1) is 10.1. The molecule has 0 saturated heterocycles. The molecule has 0 atom stereocenters. The molecular formula is C12H13ClF3N5O. The number of aromatic nitrogens is 4. The number of amides is 1. The first-order valence-corrected chi connectivity index (χ1v) is 6.52. The number of nitrogens with zero attached hydrogens (tertiary/aromatic N) is 5. The molecule has 0 radical (unpaired) electrons. The van der Waals surface area contributed by atoms with Gasteiger partial charge in [0.2, 0.25) is 0 Å². The maximum atomic E-state index is 12.9. The quantitative estimate of drug-likeness (QED) is 0.863. The van der Waals surface area contributed by atoms with Gasteiger partial charge < -0.3 is 4.90 Å². The number of alkyl halides is 3. The van der Waals surface area contributed by atoms with Gasteiger partial charge in [-0.2, -0.15) is 23.4 Å². The average Bonchev–Trinajstić information content (AvgIpc) is 2.91. The first-order valence-electron chi connectivity index (χ1n) is 6.15. The summed E-state index contributed by atoms with van der Waals surface area (Å²) < 4.78 is 40.7. The van der Waals surface area contributed by atoms with E-state index in [9.17, 15) is 18.0 Å². The Morgan fingerprint density at radius 1 is 1.36 bits per heavy atom. The van der Waals surface area contributed by atoms with Gasteiger partial charge in [0.15, 0.2) is 11.4 Å². The normalized spacial score (nSPS) is 11.8. The molecule has 0 unspecified atom stereocenters. The Hall–Kier alpha value is -2.03. The molecule has 120 valence electrons. The fourth-order valence-corrected chi connectivity index (χ4v) is 2.33. The zero-order valence-electron chi connectivity index (χ0n) is 12.0. The number of halogens is 4. The van der Waals surface area contributed by atoms with Gasteiger partial charge in [-0.05, 0) is 6.07 Å². The largest absolute Gasteiger partial charge is 0.434 e. The maximum absolute atomic E-state index is 12.9. The number of carbonyl (C=O) groups is 1. The topological polar surface area (TPSA) is 56.0 Å². The van der Waals surface area contributed by atoms with Crippen LogP contribution in [0.3, 0.4) is 0 Å². The Morgan fingerprint density at radius 3 is 2.45 bits per heavy atom. The molecular weight excluding hydrogens is 323 g/mol. The van der Waals surface area contributed by atoms with Crippen molar-refractivity contribution in [2.75, 3.05) is 7.05 Å². The minimum absolute atomic E-state index is 0.133. The van der Waals surface area contributed by atoms with Crippen molar-refractivity contribution in [3.05, 3.63) is 34.4 Å². The lowest BCUT2D eigenvalue weighted by atomic mass is 10.3. The molecule has 0 saturated carbocycles.